The number of aromatic nitrogens is 1. The Morgan fingerprint density at radius 3 is 2.69 bits per heavy atom. The molecule has 0 aromatic carbocycles. The molecule has 0 fully saturated rings. The van der Waals surface area contributed by atoms with Gasteiger partial charge in [-0.3, -0.25) is 4.98 Å². The maximum atomic E-state index is 10.9. The van der Waals surface area contributed by atoms with E-state index in [1.165, 1.54) is 6.26 Å². The van der Waals surface area contributed by atoms with Crippen molar-refractivity contribution < 1.29 is 13.2 Å². The van der Waals surface area contributed by atoms with Crippen LogP contribution in [0.15, 0.2) is 12.1 Å². The van der Waals surface area contributed by atoms with Gasteiger partial charge in [-0.25, -0.2) is 8.42 Å². The number of aryl methyl sites for hydroxylation is 1. The van der Waals surface area contributed by atoms with Gasteiger partial charge in [0.05, 0.1) is 17.3 Å². The van der Waals surface area contributed by atoms with E-state index in [-0.39, 0.29) is 18.2 Å². The first kappa shape index (κ1) is 13.3. The predicted octanol–water partition coefficient (Wildman–Crippen LogP) is 1.55. The van der Waals surface area contributed by atoms with Crippen molar-refractivity contribution in [1.82, 2.24) is 4.98 Å². The number of sulfone groups is 1. The summed E-state index contributed by atoms with van der Waals surface area (Å²) in [5, 5.41) is 0. The zero-order valence-corrected chi connectivity index (χ0v) is 10.8. The van der Waals surface area contributed by atoms with Gasteiger partial charge in [0, 0.05) is 11.9 Å². The van der Waals surface area contributed by atoms with Gasteiger partial charge in [0.1, 0.15) is 12.4 Å². The lowest BCUT2D eigenvalue weighted by atomic mass is 10.3. The van der Waals surface area contributed by atoms with Crippen molar-refractivity contribution in [2.45, 2.75) is 12.8 Å². The monoisotopic (exact) mass is 263 g/mol. The Morgan fingerprint density at radius 2 is 2.12 bits per heavy atom. The second kappa shape index (κ2) is 5.50. The van der Waals surface area contributed by atoms with Crippen LogP contribution in [-0.4, -0.2) is 32.0 Å². The maximum absolute atomic E-state index is 10.9. The Kier molecular flexibility index (Phi) is 4.56. The van der Waals surface area contributed by atoms with E-state index in [4.69, 9.17) is 16.3 Å². The van der Waals surface area contributed by atoms with Crippen LogP contribution >= 0.6 is 11.6 Å². The molecule has 0 saturated carbocycles. The van der Waals surface area contributed by atoms with Gasteiger partial charge >= 0.3 is 0 Å². The molecule has 0 aliphatic rings. The molecule has 4 nitrogen and oxygen atoms in total. The fourth-order valence-electron chi connectivity index (χ4n) is 1.13. The minimum Gasteiger partial charge on any atom is -0.491 e. The molecule has 0 unspecified atom stereocenters. The van der Waals surface area contributed by atoms with Crippen LogP contribution in [0.5, 0.6) is 5.75 Å². The van der Waals surface area contributed by atoms with Crippen molar-refractivity contribution in [1.29, 1.82) is 0 Å². The Labute approximate surface area is 101 Å². The van der Waals surface area contributed by atoms with Crippen LogP contribution in [-0.2, 0) is 15.7 Å². The van der Waals surface area contributed by atoms with Crippen LogP contribution in [0.1, 0.15) is 11.4 Å². The highest BCUT2D eigenvalue weighted by atomic mass is 35.5. The zero-order valence-electron chi connectivity index (χ0n) is 9.23. The van der Waals surface area contributed by atoms with Gasteiger partial charge in [0.15, 0.2) is 9.84 Å². The van der Waals surface area contributed by atoms with Crippen molar-refractivity contribution in [2.75, 3.05) is 18.6 Å². The third-order valence-corrected chi connectivity index (χ3v) is 3.07. The molecule has 0 bridgehead atoms. The van der Waals surface area contributed by atoms with Crippen molar-refractivity contribution in [2.24, 2.45) is 0 Å². The number of alkyl halides is 1. The van der Waals surface area contributed by atoms with E-state index < -0.39 is 9.84 Å². The Bertz CT molecular complexity index is 459. The lowest BCUT2D eigenvalue weighted by molar-refractivity contribution is 0.336. The summed E-state index contributed by atoms with van der Waals surface area (Å²) in [5.74, 6) is 0.780. The van der Waals surface area contributed by atoms with Crippen LogP contribution in [0, 0.1) is 6.92 Å². The number of rotatable bonds is 5. The van der Waals surface area contributed by atoms with E-state index in [1.807, 2.05) is 6.92 Å². The van der Waals surface area contributed by atoms with Crippen molar-refractivity contribution in [3.8, 4) is 5.75 Å². The average molecular weight is 264 g/mol. The SMILES string of the molecule is Cc1ccc(OCCS(C)(=O)=O)c(CCl)n1. The minimum atomic E-state index is -3.00. The van der Waals surface area contributed by atoms with E-state index in [0.717, 1.165) is 5.69 Å². The summed E-state index contributed by atoms with van der Waals surface area (Å²) in [6.07, 6.45) is 1.17. The first-order valence-corrected chi connectivity index (χ1v) is 7.35. The number of nitrogens with zero attached hydrogens (tertiary/aromatic N) is 1. The van der Waals surface area contributed by atoms with Gasteiger partial charge in [-0.15, -0.1) is 11.6 Å². The van der Waals surface area contributed by atoms with Crippen molar-refractivity contribution >= 4 is 21.4 Å². The van der Waals surface area contributed by atoms with E-state index >= 15 is 0 Å². The van der Waals surface area contributed by atoms with Gasteiger partial charge in [-0.05, 0) is 19.1 Å². The van der Waals surface area contributed by atoms with E-state index in [9.17, 15) is 8.42 Å². The summed E-state index contributed by atoms with van der Waals surface area (Å²) >= 11 is 5.71. The average Bonchev–Trinajstić information content (AvgIpc) is 2.18. The van der Waals surface area contributed by atoms with Crippen LogP contribution in [0.25, 0.3) is 0 Å². The minimum absolute atomic E-state index is 0.0113. The van der Waals surface area contributed by atoms with Gasteiger partial charge in [-0.2, -0.15) is 0 Å². The predicted molar refractivity (Wildman–Crippen MR) is 63.7 cm³/mol. The van der Waals surface area contributed by atoms with Gasteiger partial charge in [0.2, 0.25) is 0 Å². The summed E-state index contributed by atoms with van der Waals surface area (Å²) in [4.78, 5) is 4.20. The zero-order chi connectivity index (χ0) is 12.2. The molecule has 0 aliphatic heterocycles. The molecule has 0 amide bonds. The summed E-state index contributed by atoms with van der Waals surface area (Å²) in [5.41, 5.74) is 1.49. The van der Waals surface area contributed by atoms with Gasteiger partial charge in [-0.1, -0.05) is 0 Å². The molecule has 0 spiro atoms. The molecule has 0 atom stereocenters. The maximum Gasteiger partial charge on any atom is 0.150 e. The molecule has 1 heterocycles. The molecular formula is C10H14ClNO3S. The molecule has 6 heteroatoms. The Balaban J connectivity index is 2.67. The summed E-state index contributed by atoms with van der Waals surface area (Å²) in [7, 11) is -3.00. The standard InChI is InChI=1S/C10H14ClNO3S/c1-8-3-4-10(9(7-11)12-8)15-5-6-16(2,13)14/h3-4H,5-7H2,1-2H3. The first-order valence-electron chi connectivity index (χ1n) is 4.75. The fourth-order valence-corrected chi connectivity index (χ4v) is 1.71. The second-order valence-corrected chi connectivity index (χ2v) is 6.04. The summed E-state index contributed by atoms with van der Waals surface area (Å²) in [6.45, 7) is 1.98. The number of ether oxygens (including phenoxy) is 1. The number of pyridine rings is 1. The Morgan fingerprint density at radius 1 is 1.44 bits per heavy atom. The molecule has 16 heavy (non-hydrogen) atoms. The van der Waals surface area contributed by atoms with Crippen molar-refractivity contribution in [3.63, 3.8) is 0 Å². The molecule has 1 aromatic heterocycles. The molecule has 90 valence electrons. The van der Waals surface area contributed by atoms with Crippen molar-refractivity contribution in [3.05, 3.63) is 23.5 Å². The number of hydrogen-bond donors (Lipinski definition) is 0. The van der Waals surface area contributed by atoms with Crippen LogP contribution in [0.3, 0.4) is 0 Å². The normalized spacial score (nSPS) is 11.4. The van der Waals surface area contributed by atoms with E-state index in [2.05, 4.69) is 4.98 Å². The highest BCUT2D eigenvalue weighted by Crippen LogP contribution is 2.18. The van der Waals surface area contributed by atoms with E-state index in [0.29, 0.717) is 11.4 Å². The smallest absolute Gasteiger partial charge is 0.150 e. The molecule has 0 aliphatic carbocycles. The molecule has 0 N–H and O–H groups in total. The van der Waals surface area contributed by atoms with Crippen LogP contribution in [0.4, 0.5) is 0 Å². The summed E-state index contributed by atoms with van der Waals surface area (Å²) in [6, 6.07) is 3.55. The highest BCUT2D eigenvalue weighted by molar-refractivity contribution is 7.90. The van der Waals surface area contributed by atoms with Crippen LogP contribution in [0.2, 0.25) is 0 Å². The topological polar surface area (TPSA) is 56.3 Å². The molecule has 0 saturated heterocycles. The molecular weight excluding hydrogens is 250 g/mol. The molecule has 1 rings (SSSR count). The fraction of sp³-hybridized carbons (Fsp3) is 0.500. The Hall–Kier alpha value is -0.810. The lowest BCUT2D eigenvalue weighted by Gasteiger charge is -2.09. The van der Waals surface area contributed by atoms with E-state index in [1.54, 1.807) is 12.1 Å². The van der Waals surface area contributed by atoms with Gasteiger partial charge in [0.25, 0.3) is 0 Å². The van der Waals surface area contributed by atoms with Gasteiger partial charge < -0.3 is 4.74 Å². The van der Waals surface area contributed by atoms with Crippen LogP contribution < -0.4 is 4.74 Å². The number of halogens is 1. The highest BCUT2D eigenvalue weighted by Gasteiger charge is 2.07. The largest absolute Gasteiger partial charge is 0.491 e. The lowest BCUT2D eigenvalue weighted by Crippen LogP contribution is -2.13. The second-order valence-electron chi connectivity index (χ2n) is 3.51. The summed E-state index contributed by atoms with van der Waals surface area (Å²) < 4.78 is 27.1. The molecule has 1 aromatic rings. The molecule has 0 radical (unpaired) electrons. The number of hydrogen-bond acceptors (Lipinski definition) is 4. The third-order valence-electron chi connectivity index (χ3n) is 1.91. The third kappa shape index (κ3) is 4.37. The quantitative estimate of drug-likeness (QED) is 0.757. The first-order chi connectivity index (χ1) is 7.42.